The van der Waals surface area contributed by atoms with Gasteiger partial charge in [0, 0.05) is 36.6 Å². The SMILES string of the molecule is O=S(=O)(c1cn(C2CCCC2)nc1-c1ccccc1)N(CCCl)CCCl. The van der Waals surface area contributed by atoms with Gasteiger partial charge in [-0.1, -0.05) is 43.2 Å². The third-order valence-electron chi connectivity index (χ3n) is 4.73. The van der Waals surface area contributed by atoms with Gasteiger partial charge in [-0.2, -0.15) is 9.40 Å². The summed E-state index contributed by atoms with van der Waals surface area (Å²) in [5, 5.41) is 4.68. The van der Waals surface area contributed by atoms with E-state index >= 15 is 0 Å². The van der Waals surface area contributed by atoms with Crippen molar-refractivity contribution < 1.29 is 8.42 Å². The smallest absolute Gasteiger partial charge is 0.246 e. The number of sulfonamides is 1. The van der Waals surface area contributed by atoms with Crippen LogP contribution in [0, 0.1) is 0 Å². The third kappa shape index (κ3) is 4.09. The molecule has 0 radical (unpaired) electrons. The molecule has 1 aromatic heterocycles. The van der Waals surface area contributed by atoms with E-state index in [2.05, 4.69) is 5.10 Å². The second-order valence-corrected chi connectivity index (χ2v) is 9.07. The zero-order valence-electron chi connectivity index (χ0n) is 14.5. The molecule has 1 aliphatic rings. The van der Waals surface area contributed by atoms with Crippen molar-refractivity contribution in [3.8, 4) is 11.3 Å². The summed E-state index contributed by atoms with van der Waals surface area (Å²) in [6.07, 6.45) is 6.05. The molecule has 0 atom stereocenters. The van der Waals surface area contributed by atoms with Crippen molar-refractivity contribution in [2.24, 2.45) is 0 Å². The zero-order valence-corrected chi connectivity index (χ0v) is 16.8. The Bertz CT molecular complexity index is 812. The fraction of sp³-hybridized carbons (Fsp3) is 0.500. The molecular weight excluding hydrogens is 393 g/mol. The Morgan fingerprint density at radius 3 is 2.27 bits per heavy atom. The summed E-state index contributed by atoms with van der Waals surface area (Å²) in [7, 11) is -3.73. The summed E-state index contributed by atoms with van der Waals surface area (Å²) in [4.78, 5) is 0.228. The molecule has 0 aliphatic heterocycles. The molecule has 0 spiro atoms. The van der Waals surface area contributed by atoms with Crippen LogP contribution < -0.4 is 0 Å². The summed E-state index contributed by atoms with van der Waals surface area (Å²) in [6, 6.07) is 9.70. The molecule has 1 aliphatic carbocycles. The molecule has 0 unspecified atom stereocenters. The minimum absolute atomic E-state index is 0.216. The average Bonchev–Trinajstić information content (AvgIpc) is 3.32. The molecule has 1 fully saturated rings. The van der Waals surface area contributed by atoms with Crippen molar-refractivity contribution >= 4 is 33.2 Å². The molecule has 1 heterocycles. The van der Waals surface area contributed by atoms with Gasteiger partial charge < -0.3 is 0 Å². The van der Waals surface area contributed by atoms with Gasteiger partial charge in [0.15, 0.2) is 0 Å². The molecule has 0 N–H and O–H groups in total. The second-order valence-electron chi connectivity index (χ2n) is 6.41. The number of hydrogen-bond acceptors (Lipinski definition) is 3. The van der Waals surface area contributed by atoms with Crippen molar-refractivity contribution in [3.05, 3.63) is 36.5 Å². The van der Waals surface area contributed by atoms with Crippen molar-refractivity contribution in [1.82, 2.24) is 14.1 Å². The van der Waals surface area contributed by atoms with Crippen LogP contribution in [0.4, 0.5) is 0 Å². The quantitative estimate of drug-likeness (QED) is 0.608. The van der Waals surface area contributed by atoms with Crippen molar-refractivity contribution in [2.75, 3.05) is 24.8 Å². The van der Waals surface area contributed by atoms with Crippen molar-refractivity contribution in [3.63, 3.8) is 0 Å². The highest BCUT2D eigenvalue weighted by molar-refractivity contribution is 7.89. The molecule has 3 rings (SSSR count). The van der Waals surface area contributed by atoms with E-state index in [1.165, 1.54) is 4.31 Å². The molecule has 0 bridgehead atoms. The largest absolute Gasteiger partial charge is 0.268 e. The van der Waals surface area contributed by atoms with E-state index in [1.807, 2.05) is 35.0 Å². The number of alkyl halides is 2. The maximum Gasteiger partial charge on any atom is 0.246 e. The number of halogens is 2. The van der Waals surface area contributed by atoms with Crippen LogP contribution in [-0.2, 0) is 10.0 Å². The first kappa shape index (κ1) is 19.7. The Morgan fingerprint density at radius 1 is 1.08 bits per heavy atom. The fourth-order valence-electron chi connectivity index (χ4n) is 3.40. The lowest BCUT2D eigenvalue weighted by Crippen LogP contribution is -2.34. The van der Waals surface area contributed by atoms with Crippen LogP contribution in [0.15, 0.2) is 41.4 Å². The highest BCUT2D eigenvalue weighted by Crippen LogP contribution is 2.34. The first-order valence-electron chi connectivity index (χ1n) is 8.84. The third-order valence-corrected chi connectivity index (χ3v) is 6.97. The zero-order chi connectivity index (χ0) is 18.6. The number of rotatable bonds is 8. The van der Waals surface area contributed by atoms with Crippen LogP contribution in [0.3, 0.4) is 0 Å². The minimum atomic E-state index is -3.73. The minimum Gasteiger partial charge on any atom is -0.268 e. The van der Waals surface area contributed by atoms with E-state index in [-0.39, 0.29) is 35.8 Å². The van der Waals surface area contributed by atoms with Crippen molar-refractivity contribution in [2.45, 2.75) is 36.6 Å². The van der Waals surface area contributed by atoms with E-state index in [4.69, 9.17) is 23.2 Å². The normalized spacial score (nSPS) is 15.8. The Balaban J connectivity index is 2.08. The van der Waals surface area contributed by atoms with E-state index in [0.29, 0.717) is 5.69 Å². The van der Waals surface area contributed by atoms with Gasteiger partial charge in [0.1, 0.15) is 10.6 Å². The van der Waals surface area contributed by atoms with Crippen LogP contribution in [0.5, 0.6) is 0 Å². The van der Waals surface area contributed by atoms with Gasteiger partial charge in [-0.3, -0.25) is 4.68 Å². The van der Waals surface area contributed by atoms with Crippen LogP contribution in [0.25, 0.3) is 11.3 Å². The molecule has 26 heavy (non-hydrogen) atoms. The van der Waals surface area contributed by atoms with E-state index in [9.17, 15) is 8.42 Å². The molecule has 0 amide bonds. The summed E-state index contributed by atoms with van der Waals surface area (Å²) in [6.45, 7) is 0.443. The predicted molar refractivity (Wildman–Crippen MR) is 105 cm³/mol. The predicted octanol–water partition coefficient (Wildman–Crippen LogP) is 4.13. The Labute approximate surface area is 165 Å². The lowest BCUT2D eigenvalue weighted by molar-refractivity contribution is 0.446. The molecule has 1 aromatic carbocycles. The van der Waals surface area contributed by atoms with E-state index in [1.54, 1.807) is 6.20 Å². The summed E-state index contributed by atoms with van der Waals surface area (Å²) >= 11 is 11.6. The summed E-state index contributed by atoms with van der Waals surface area (Å²) in [5.41, 5.74) is 1.28. The standard InChI is InChI=1S/C18H23Cl2N3O2S/c19-10-12-22(13-11-20)26(24,25)17-14-23(16-8-4-5-9-16)21-18(17)15-6-2-1-3-7-15/h1-3,6-7,14,16H,4-5,8-13H2. The van der Waals surface area contributed by atoms with Crippen LogP contribution in [-0.4, -0.2) is 47.4 Å². The molecule has 1 saturated carbocycles. The van der Waals surface area contributed by atoms with Gasteiger partial charge in [-0.25, -0.2) is 8.42 Å². The Morgan fingerprint density at radius 2 is 1.69 bits per heavy atom. The second kappa shape index (κ2) is 8.74. The van der Waals surface area contributed by atoms with Crippen LogP contribution in [0.1, 0.15) is 31.7 Å². The topological polar surface area (TPSA) is 55.2 Å². The van der Waals surface area contributed by atoms with Gasteiger partial charge in [0.25, 0.3) is 0 Å². The Hall–Kier alpha value is -1.08. The molecule has 5 nitrogen and oxygen atoms in total. The lowest BCUT2D eigenvalue weighted by Gasteiger charge is -2.19. The maximum atomic E-state index is 13.3. The highest BCUT2D eigenvalue weighted by Gasteiger charge is 2.31. The molecule has 2 aromatic rings. The highest BCUT2D eigenvalue weighted by atomic mass is 35.5. The van der Waals surface area contributed by atoms with Gasteiger partial charge in [0.05, 0.1) is 6.04 Å². The number of nitrogens with zero attached hydrogens (tertiary/aromatic N) is 3. The van der Waals surface area contributed by atoms with E-state index < -0.39 is 10.0 Å². The van der Waals surface area contributed by atoms with Gasteiger partial charge in [-0.15, -0.1) is 23.2 Å². The number of hydrogen-bond donors (Lipinski definition) is 0. The van der Waals surface area contributed by atoms with Gasteiger partial charge in [-0.05, 0) is 12.8 Å². The molecular formula is C18H23Cl2N3O2S. The molecule has 142 valence electrons. The molecule has 0 saturated heterocycles. The first-order chi connectivity index (χ1) is 12.6. The van der Waals surface area contributed by atoms with E-state index in [0.717, 1.165) is 31.2 Å². The number of aromatic nitrogens is 2. The van der Waals surface area contributed by atoms with Crippen molar-refractivity contribution in [1.29, 1.82) is 0 Å². The Kier molecular flexibility index (Phi) is 6.61. The average molecular weight is 416 g/mol. The fourth-order valence-corrected chi connectivity index (χ4v) is 5.59. The van der Waals surface area contributed by atoms with Gasteiger partial charge >= 0.3 is 0 Å². The van der Waals surface area contributed by atoms with Gasteiger partial charge in [0.2, 0.25) is 10.0 Å². The summed E-state index contributed by atoms with van der Waals surface area (Å²) < 4.78 is 29.8. The maximum absolute atomic E-state index is 13.3. The summed E-state index contributed by atoms with van der Waals surface area (Å²) in [5.74, 6) is 0.432. The van der Waals surface area contributed by atoms with Crippen LogP contribution in [0.2, 0.25) is 0 Å². The van der Waals surface area contributed by atoms with Crippen LogP contribution >= 0.6 is 23.2 Å². The molecule has 8 heteroatoms. The first-order valence-corrected chi connectivity index (χ1v) is 11.4. The number of benzene rings is 1. The lowest BCUT2D eigenvalue weighted by atomic mass is 10.2. The monoisotopic (exact) mass is 415 g/mol.